The Morgan fingerprint density at radius 3 is 2.52 bits per heavy atom. The predicted octanol–water partition coefficient (Wildman–Crippen LogP) is 9.62. The quantitative estimate of drug-likeness (QED) is 0.0680. The first-order valence-electron chi connectivity index (χ1n) is 15.7. The van der Waals surface area contributed by atoms with Gasteiger partial charge < -0.3 is 14.5 Å². The molecule has 8 heteroatoms. The lowest BCUT2D eigenvalue weighted by Crippen LogP contribution is -2.09. The Balaban J connectivity index is 1.49. The fourth-order valence-corrected chi connectivity index (χ4v) is 6.81. The third kappa shape index (κ3) is 6.84. The van der Waals surface area contributed by atoms with E-state index in [-0.39, 0.29) is 5.97 Å². The number of alkyl halides is 1. The van der Waals surface area contributed by atoms with Crippen LogP contribution in [0.2, 0.25) is 5.02 Å². The number of ether oxygens (including phenoxy) is 2. The molecule has 0 atom stereocenters. The number of nitrogens with one attached hydrogen (secondary N) is 1. The Kier molecular flexibility index (Phi) is 11.0. The van der Waals surface area contributed by atoms with E-state index in [1.807, 2.05) is 55.1 Å². The number of carbonyl (C=O) groups is 1. The smallest absolute Gasteiger partial charge is 0.355 e. The van der Waals surface area contributed by atoms with E-state index in [2.05, 4.69) is 46.0 Å². The van der Waals surface area contributed by atoms with Crippen LogP contribution in [0.4, 0.5) is 0 Å². The third-order valence-electron chi connectivity index (χ3n) is 8.21. The molecular formula is C36H41BrClN3O3. The molecule has 1 N–H and O–H groups in total. The highest BCUT2D eigenvalue weighted by Crippen LogP contribution is 2.41. The van der Waals surface area contributed by atoms with E-state index >= 15 is 0 Å². The van der Waals surface area contributed by atoms with Crippen molar-refractivity contribution in [2.45, 2.75) is 65.2 Å². The number of carbonyl (C=O) groups excluding carboxylic acids is 1. The summed E-state index contributed by atoms with van der Waals surface area (Å²) in [5, 5.41) is 9.85. The summed E-state index contributed by atoms with van der Waals surface area (Å²) < 4.78 is 13.7. The summed E-state index contributed by atoms with van der Waals surface area (Å²) in [6.07, 6.45) is 7.66. The molecular weight excluding hydrogens is 638 g/mol. The standard InChI is InChI=1S/C36H41BrClN3O3/c1-4-30-33(29(40-41(30)3)18-8-6-7-11-22-37)32-28(38)21-20-27-26(35(39-34(27)32)36(42)43-5-2)17-13-23-44-31-19-12-15-24-14-9-10-16-25(24)31/h9-10,12,14-16,19-21,39H,4-8,11,13,17-18,22-23H2,1-3H3. The predicted molar refractivity (Wildman–Crippen MR) is 185 cm³/mol. The zero-order chi connectivity index (χ0) is 31.1. The summed E-state index contributed by atoms with van der Waals surface area (Å²) >= 11 is 10.5. The molecule has 0 aliphatic carbocycles. The first kappa shape index (κ1) is 32.1. The highest BCUT2D eigenvalue weighted by Gasteiger charge is 2.26. The average Bonchev–Trinajstić information content (AvgIpc) is 3.55. The molecule has 2 aromatic heterocycles. The fraction of sp³-hybridized carbons (Fsp3) is 0.389. The number of H-pyrrole nitrogens is 1. The number of nitrogens with zero attached hydrogens (tertiary/aromatic N) is 2. The van der Waals surface area contributed by atoms with Crippen LogP contribution in [0, 0.1) is 0 Å². The molecule has 0 bridgehead atoms. The van der Waals surface area contributed by atoms with Gasteiger partial charge in [0.1, 0.15) is 11.4 Å². The number of halogens is 2. The first-order valence-corrected chi connectivity index (χ1v) is 17.2. The number of hydrogen-bond acceptors (Lipinski definition) is 4. The third-order valence-corrected chi connectivity index (χ3v) is 9.09. The van der Waals surface area contributed by atoms with E-state index < -0.39 is 0 Å². The summed E-state index contributed by atoms with van der Waals surface area (Å²) in [6, 6.07) is 18.3. The van der Waals surface area contributed by atoms with Crippen molar-refractivity contribution in [2.24, 2.45) is 7.05 Å². The van der Waals surface area contributed by atoms with Crippen LogP contribution in [0.3, 0.4) is 0 Å². The molecule has 5 rings (SSSR count). The Hall–Kier alpha value is -3.29. The van der Waals surface area contributed by atoms with Crippen LogP contribution in [-0.4, -0.2) is 39.3 Å². The maximum absolute atomic E-state index is 13.3. The summed E-state index contributed by atoms with van der Waals surface area (Å²) in [6.45, 7) is 4.79. The van der Waals surface area contributed by atoms with Gasteiger partial charge in [-0.15, -0.1) is 0 Å². The molecule has 0 fully saturated rings. The number of aromatic amines is 1. The number of rotatable bonds is 15. The van der Waals surface area contributed by atoms with E-state index in [0.717, 1.165) is 92.9 Å². The van der Waals surface area contributed by atoms with Crippen LogP contribution < -0.4 is 4.74 Å². The van der Waals surface area contributed by atoms with Gasteiger partial charge in [0.05, 0.1) is 29.4 Å². The number of unbranched alkanes of at least 4 members (excludes halogenated alkanes) is 3. The lowest BCUT2D eigenvalue weighted by atomic mass is 9.95. The molecule has 0 unspecified atom stereocenters. The topological polar surface area (TPSA) is 69.1 Å². The second-order valence-electron chi connectivity index (χ2n) is 11.1. The molecule has 0 aliphatic rings. The molecule has 3 aromatic carbocycles. The van der Waals surface area contributed by atoms with Gasteiger partial charge in [0, 0.05) is 40.0 Å². The Bertz CT molecular complexity index is 1740. The van der Waals surface area contributed by atoms with E-state index in [0.29, 0.717) is 30.4 Å². The zero-order valence-electron chi connectivity index (χ0n) is 25.8. The number of esters is 1. The maximum Gasteiger partial charge on any atom is 0.355 e. The van der Waals surface area contributed by atoms with Crippen LogP contribution in [0.1, 0.15) is 73.4 Å². The Labute approximate surface area is 273 Å². The van der Waals surface area contributed by atoms with Crippen molar-refractivity contribution in [1.29, 1.82) is 0 Å². The van der Waals surface area contributed by atoms with Gasteiger partial charge in [0.2, 0.25) is 0 Å². The van der Waals surface area contributed by atoms with E-state index in [1.165, 1.54) is 12.8 Å². The van der Waals surface area contributed by atoms with Gasteiger partial charge in [-0.2, -0.15) is 5.10 Å². The maximum atomic E-state index is 13.3. The van der Waals surface area contributed by atoms with Crippen molar-refractivity contribution < 1.29 is 14.3 Å². The minimum atomic E-state index is -0.357. The van der Waals surface area contributed by atoms with Gasteiger partial charge in [-0.05, 0) is 68.5 Å². The summed E-state index contributed by atoms with van der Waals surface area (Å²) in [5.74, 6) is 0.509. The van der Waals surface area contributed by atoms with Gasteiger partial charge in [-0.25, -0.2) is 4.79 Å². The van der Waals surface area contributed by atoms with Crippen LogP contribution in [0.5, 0.6) is 5.75 Å². The molecule has 0 saturated heterocycles. The minimum Gasteiger partial charge on any atom is -0.493 e. The van der Waals surface area contributed by atoms with Gasteiger partial charge >= 0.3 is 5.97 Å². The Morgan fingerprint density at radius 2 is 1.73 bits per heavy atom. The van der Waals surface area contributed by atoms with Gasteiger partial charge in [-0.1, -0.05) is 89.8 Å². The van der Waals surface area contributed by atoms with Crippen LogP contribution >= 0.6 is 27.5 Å². The highest BCUT2D eigenvalue weighted by atomic mass is 79.9. The highest BCUT2D eigenvalue weighted by molar-refractivity contribution is 9.09. The fourth-order valence-electron chi connectivity index (χ4n) is 6.16. The molecule has 2 heterocycles. The van der Waals surface area contributed by atoms with Gasteiger partial charge in [0.25, 0.3) is 0 Å². The number of benzene rings is 3. The monoisotopic (exact) mass is 677 g/mol. The molecule has 5 aromatic rings. The summed E-state index contributed by atoms with van der Waals surface area (Å²) in [4.78, 5) is 16.7. The molecule has 0 saturated carbocycles. The number of aryl methyl sites for hydroxylation is 3. The number of hydrogen-bond donors (Lipinski definition) is 1. The normalized spacial score (nSPS) is 11.5. The molecule has 232 valence electrons. The van der Waals surface area contributed by atoms with Crippen molar-refractivity contribution in [3.8, 4) is 16.9 Å². The molecule has 44 heavy (non-hydrogen) atoms. The first-order chi connectivity index (χ1) is 21.5. The van der Waals surface area contributed by atoms with E-state index in [9.17, 15) is 4.79 Å². The molecule has 0 spiro atoms. The SMILES string of the molecule is CCOC(=O)c1[nH]c2c(-c3c(CCCCCCBr)nn(C)c3CC)c(Cl)ccc2c1CCCOc1cccc2ccccc12. The minimum absolute atomic E-state index is 0.299. The van der Waals surface area contributed by atoms with Crippen molar-refractivity contribution in [2.75, 3.05) is 18.5 Å². The lowest BCUT2D eigenvalue weighted by molar-refractivity contribution is 0.0519. The molecule has 6 nitrogen and oxygen atoms in total. The van der Waals surface area contributed by atoms with Crippen molar-refractivity contribution in [3.63, 3.8) is 0 Å². The number of fused-ring (bicyclic) bond motifs is 2. The van der Waals surface area contributed by atoms with Crippen LogP contribution in [0.25, 0.3) is 32.8 Å². The van der Waals surface area contributed by atoms with E-state index in [4.69, 9.17) is 26.2 Å². The van der Waals surface area contributed by atoms with Gasteiger partial charge in [0.15, 0.2) is 0 Å². The van der Waals surface area contributed by atoms with Crippen LogP contribution in [-0.2, 0) is 31.0 Å². The largest absolute Gasteiger partial charge is 0.493 e. The Morgan fingerprint density at radius 1 is 0.932 bits per heavy atom. The molecule has 0 radical (unpaired) electrons. The second kappa shape index (κ2) is 15.1. The molecule has 0 amide bonds. The van der Waals surface area contributed by atoms with E-state index in [1.54, 1.807) is 0 Å². The average molecular weight is 679 g/mol. The summed E-state index contributed by atoms with van der Waals surface area (Å²) in [5.41, 5.74) is 6.43. The van der Waals surface area contributed by atoms with Gasteiger partial charge in [-0.3, -0.25) is 4.68 Å². The van der Waals surface area contributed by atoms with Crippen LogP contribution in [0.15, 0.2) is 54.6 Å². The second-order valence-corrected chi connectivity index (χ2v) is 12.3. The van der Waals surface area contributed by atoms with Crippen molar-refractivity contribution in [1.82, 2.24) is 14.8 Å². The van der Waals surface area contributed by atoms with Crippen molar-refractivity contribution >= 4 is 55.2 Å². The summed E-state index contributed by atoms with van der Waals surface area (Å²) in [7, 11) is 2.00. The van der Waals surface area contributed by atoms with Crippen molar-refractivity contribution in [3.05, 3.63) is 82.3 Å². The molecule has 0 aliphatic heterocycles. The lowest BCUT2D eigenvalue weighted by Gasteiger charge is -2.11. The zero-order valence-corrected chi connectivity index (χ0v) is 28.2. The number of aromatic nitrogens is 3.